The van der Waals surface area contributed by atoms with Gasteiger partial charge in [-0.05, 0) is 23.4 Å². The summed E-state index contributed by atoms with van der Waals surface area (Å²) in [7, 11) is -2.23. The Bertz CT molecular complexity index is 1260. The van der Waals surface area contributed by atoms with E-state index in [0.29, 0.717) is 12.2 Å². The highest BCUT2D eigenvalue weighted by molar-refractivity contribution is 7.04. The summed E-state index contributed by atoms with van der Waals surface area (Å²) in [6, 6.07) is 22.7. The van der Waals surface area contributed by atoms with Crippen LogP contribution in [0.25, 0.3) is 11.2 Å². The molecule has 178 valence electrons. The molecule has 1 unspecified atom stereocenters. The van der Waals surface area contributed by atoms with Gasteiger partial charge >= 0.3 is 0 Å². The molecule has 0 amide bonds. The summed E-state index contributed by atoms with van der Waals surface area (Å²) in [5.41, 5.74) is 6.12. The number of nitrogen functional groups attached to an aromatic ring is 1. The minimum absolute atomic E-state index is 0.0126. The van der Waals surface area contributed by atoms with Crippen LogP contribution in [0.1, 0.15) is 27.2 Å². The molecule has 0 spiro atoms. The number of fused-ring (bicyclic) bond motifs is 1. The van der Waals surface area contributed by atoms with Crippen molar-refractivity contribution in [2.45, 2.75) is 44.8 Å². The van der Waals surface area contributed by atoms with Crippen molar-refractivity contribution in [1.82, 2.24) is 19.5 Å². The molecule has 2 aromatic carbocycles. The summed E-state index contributed by atoms with van der Waals surface area (Å²) in [6.45, 7) is 7.58. The number of nitrogens with one attached hydrogen (secondary N) is 1. The normalized spacial score (nSPS) is 13.3. The molecule has 8 heteroatoms. The second kappa shape index (κ2) is 9.56. The van der Waals surface area contributed by atoms with Crippen LogP contribution in [0.3, 0.4) is 0 Å². The maximum atomic E-state index is 12.2. The van der Waals surface area contributed by atoms with Crippen molar-refractivity contribution < 1.29 is 5.11 Å². The maximum Gasteiger partial charge on any atom is 0.280 e. The topological polar surface area (TPSA) is 110 Å². The van der Waals surface area contributed by atoms with Crippen molar-refractivity contribution in [3.8, 4) is 0 Å². The molecule has 0 aliphatic carbocycles. The fourth-order valence-electron chi connectivity index (χ4n) is 5.19. The van der Waals surface area contributed by atoms with Gasteiger partial charge in [-0.3, -0.25) is 9.78 Å². The molecule has 0 aliphatic heterocycles. The van der Waals surface area contributed by atoms with Crippen LogP contribution in [0.2, 0.25) is 11.1 Å². The molecular weight excluding hydrogens is 442 g/mol. The zero-order valence-electron chi connectivity index (χ0n) is 20.0. The number of aromatic amines is 1. The molecular formula is C26H33N5O2Si. The molecule has 0 bridgehead atoms. The van der Waals surface area contributed by atoms with Crippen molar-refractivity contribution in [3.63, 3.8) is 0 Å². The van der Waals surface area contributed by atoms with Gasteiger partial charge in [0.25, 0.3) is 5.56 Å². The number of rotatable bonds is 8. The van der Waals surface area contributed by atoms with E-state index in [0.717, 1.165) is 12.5 Å². The molecule has 0 aliphatic rings. The first-order valence-electron chi connectivity index (χ1n) is 11.7. The van der Waals surface area contributed by atoms with Crippen LogP contribution in [-0.2, 0) is 6.54 Å². The summed E-state index contributed by atoms with van der Waals surface area (Å²) < 4.78 is 1.83. The van der Waals surface area contributed by atoms with E-state index in [4.69, 9.17) is 5.73 Å². The molecule has 4 aromatic rings. The summed E-state index contributed by atoms with van der Waals surface area (Å²) in [6.07, 6.45) is 2.44. The molecule has 4 N–H and O–H groups in total. The fourth-order valence-corrected chi connectivity index (χ4v) is 10.9. The zero-order chi connectivity index (χ0) is 24.3. The van der Waals surface area contributed by atoms with Gasteiger partial charge in [0.05, 0.1) is 6.33 Å². The van der Waals surface area contributed by atoms with Crippen molar-refractivity contribution in [2.24, 2.45) is 5.92 Å². The Hall–Kier alpha value is -3.23. The number of imidazole rings is 1. The Morgan fingerprint density at radius 1 is 1.06 bits per heavy atom. The summed E-state index contributed by atoms with van der Waals surface area (Å²) in [5.74, 6) is 0.0495. The molecule has 4 rings (SSSR count). The lowest BCUT2D eigenvalue weighted by Gasteiger charge is -2.45. The Kier molecular flexibility index (Phi) is 6.72. The van der Waals surface area contributed by atoms with Crippen molar-refractivity contribution in [3.05, 3.63) is 77.3 Å². The average Bonchev–Trinajstić information content (AvgIpc) is 3.22. The molecule has 2 aromatic heterocycles. The van der Waals surface area contributed by atoms with E-state index >= 15 is 0 Å². The third-order valence-corrected chi connectivity index (χ3v) is 13.2. The van der Waals surface area contributed by atoms with Crippen LogP contribution in [0.4, 0.5) is 5.95 Å². The first-order chi connectivity index (χ1) is 16.3. The molecule has 0 fully saturated rings. The number of hydrogen-bond donors (Lipinski definition) is 3. The van der Waals surface area contributed by atoms with Gasteiger partial charge in [0, 0.05) is 13.2 Å². The van der Waals surface area contributed by atoms with E-state index in [-0.39, 0.29) is 34.6 Å². The second-order valence-electron chi connectivity index (χ2n) is 9.99. The Morgan fingerprint density at radius 3 is 2.18 bits per heavy atom. The third-order valence-electron chi connectivity index (χ3n) is 6.95. The lowest BCUT2D eigenvalue weighted by Crippen LogP contribution is -2.64. The second-order valence-corrected chi connectivity index (χ2v) is 15.0. The molecule has 0 radical (unpaired) electrons. The van der Waals surface area contributed by atoms with Gasteiger partial charge < -0.3 is 15.4 Å². The third kappa shape index (κ3) is 4.43. The fraction of sp³-hybridized carbons (Fsp3) is 0.346. The zero-order valence-corrected chi connectivity index (χ0v) is 21.0. The highest BCUT2D eigenvalue weighted by Gasteiger charge is 2.47. The van der Waals surface area contributed by atoms with Crippen LogP contribution in [-0.4, -0.2) is 39.3 Å². The van der Waals surface area contributed by atoms with Gasteiger partial charge in [0.1, 0.15) is 8.07 Å². The maximum absolute atomic E-state index is 12.2. The lowest BCUT2D eigenvalue weighted by molar-refractivity contribution is 0.207. The number of hydrogen-bond acceptors (Lipinski definition) is 5. The highest BCUT2D eigenvalue weighted by atomic mass is 28.3. The number of aliphatic hydroxyl groups excluding tert-OH is 1. The van der Waals surface area contributed by atoms with Gasteiger partial charge in [0.15, 0.2) is 11.2 Å². The molecule has 34 heavy (non-hydrogen) atoms. The van der Waals surface area contributed by atoms with Gasteiger partial charge in [0.2, 0.25) is 5.95 Å². The minimum Gasteiger partial charge on any atom is -0.396 e. The van der Waals surface area contributed by atoms with Crippen LogP contribution in [0.5, 0.6) is 0 Å². The number of nitrogens with two attached hydrogens (primary N) is 1. The highest BCUT2D eigenvalue weighted by Crippen LogP contribution is 2.40. The van der Waals surface area contributed by atoms with Crippen LogP contribution < -0.4 is 21.7 Å². The summed E-state index contributed by atoms with van der Waals surface area (Å²) in [4.78, 5) is 23.1. The molecule has 0 saturated heterocycles. The first-order valence-corrected chi connectivity index (χ1v) is 13.9. The van der Waals surface area contributed by atoms with Crippen LogP contribution in [0.15, 0.2) is 71.8 Å². The molecule has 2 heterocycles. The van der Waals surface area contributed by atoms with E-state index < -0.39 is 8.07 Å². The largest absolute Gasteiger partial charge is 0.396 e. The quantitative estimate of drug-likeness (QED) is 0.340. The molecule has 1 atom stereocenters. The predicted octanol–water partition coefficient (Wildman–Crippen LogP) is 2.76. The number of benzene rings is 2. The van der Waals surface area contributed by atoms with Crippen LogP contribution >= 0.6 is 0 Å². The Balaban J connectivity index is 1.69. The number of aromatic nitrogens is 4. The molecule has 7 nitrogen and oxygen atoms in total. The SMILES string of the molecule is CC(C)(C)[Si](CCC(CO)Cn1cnc2c(=O)[nH]c(N)nc21)(c1ccccc1)c1ccccc1. The standard InChI is InChI=1S/C26H33N5O2Si/c1-26(2,3)34(20-10-6-4-7-11-20,21-12-8-5-9-13-21)15-14-19(17-32)16-31-18-28-22-23(31)29-25(27)30-24(22)33/h4-13,18-19,32H,14-17H2,1-3H3,(H3,27,29,30,33). The molecule has 0 saturated carbocycles. The number of nitrogens with zero attached hydrogens (tertiary/aromatic N) is 3. The summed E-state index contributed by atoms with van der Waals surface area (Å²) >= 11 is 0. The van der Waals surface area contributed by atoms with Crippen molar-refractivity contribution in [1.29, 1.82) is 0 Å². The van der Waals surface area contributed by atoms with Gasteiger partial charge in [-0.1, -0.05) is 91.8 Å². The van der Waals surface area contributed by atoms with Gasteiger partial charge in [-0.2, -0.15) is 4.98 Å². The van der Waals surface area contributed by atoms with E-state index in [1.807, 2.05) is 4.57 Å². The number of H-pyrrole nitrogens is 1. The number of anilines is 1. The Labute approximate surface area is 200 Å². The van der Waals surface area contributed by atoms with E-state index in [1.54, 1.807) is 6.33 Å². The smallest absolute Gasteiger partial charge is 0.280 e. The van der Waals surface area contributed by atoms with Crippen molar-refractivity contribution in [2.75, 3.05) is 12.3 Å². The van der Waals surface area contributed by atoms with Gasteiger partial charge in [-0.15, -0.1) is 0 Å². The van der Waals surface area contributed by atoms with Gasteiger partial charge in [-0.25, -0.2) is 4.98 Å². The lowest BCUT2D eigenvalue weighted by atomic mass is 10.1. The summed E-state index contributed by atoms with van der Waals surface area (Å²) in [5, 5.41) is 13.2. The predicted molar refractivity (Wildman–Crippen MR) is 140 cm³/mol. The minimum atomic E-state index is -2.23. The van der Waals surface area contributed by atoms with Crippen molar-refractivity contribution >= 4 is 35.6 Å². The van der Waals surface area contributed by atoms with Crippen LogP contribution in [0, 0.1) is 5.92 Å². The van der Waals surface area contributed by atoms with E-state index in [2.05, 4.69) is 96.4 Å². The number of aliphatic hydroxyl groups is 1. The van der Waals surface area contributed by atoms with E-state index in [9.17, 15) is 9.90 Å². The first kappa shape index (κ1) is 23.9. The van der Waals surface area contributed by atoms with E-state index in [1.165, 1.54) is 10.4 Å². The average molecular weight is 476 g/mol. The Morgan fingerprint density at radius 2 is 1.65 bits per heavy atom. The monoisotopic (exact) mass is 475 g/mol.